The molecule has 0 aliphatic heterocycles. The van der Waals surface area contributed by atoms with E-state index in [1.165, 1.54) is 60.7 Å². The molecule has 19 heteroatoms. The highest BCUT2D eigenvalue weighted by Crippen LogP contribution is 2.31. The summed E-state index contributed by atoms with van der Waals surface area (Å²) in [6.07, 6.45) is 2.84. The first-order chi connectivity index (χ1) is 22.3. The van der Waals surface area contributed by atoms with Gasteiger partial charge in [0.1, 0.15) is 9.79 Å². The Morgan fingerprint density at radius 3 is 1.23 bits per heavy atom. The molecule has 0 saturated carbocycles. The largest absolute Gasteiger partial charge is 0.394 e. The van der Waals surface area contributed by atoms with Crippen molar-refractivity contribution in [3.05, 3.63) is 81.9 Å². The summed E-state index contributed by atoms with van der Waals surface area (Å²) in [6.45, 7) is 2.76. The topological polar surface area (TPSA) is 290 Å². The van der Waals surface area contributed by atoms with Crippen LogP contribution in [0.5, 0.6) is 0 Å². The van der Waals surface area contributed by atoms with E-state index in [1.54, 1.807) is 0 Å². The maximum atomic E-state index is 11.1. The molecule has 0 amide bonds. The Morgan fingerprint density at radius 2 is 0.936 bits per heavy atom. The van der Waals surface area contributed by atoms with Crippen LogP contribution in [0.15, 0.2) is 58.3 Å². The van der Waals surface area contributed by atoms with Gasteiger partial charge >= 0.3 is 11.4 Å². The summed E-state index contributed by atoms with van der Waals surface area (Å²) in [5, 5.41) is 36.3. The second-order valence-corrected chi connectivity index (χ2v) is 12.1. The van der Waals surface area contributed by atoms with Gasteiger partial charge in [0.05, 0.1) is 52.9 Å². The normalized spacial score (nSPS) is 16.5. The van der Waals surface area contributed by atoms with E-state index in [9.17, 15) is 27.0 Å². The Kier molecular flexibility index (Phi) is 16.0. The molecule has 0 fully saturated rings. The van der Waals surface area contributed by atoms with E-state index >= 15 is 0 Å². The van der Waals surface area contributed by atoms with Gasteiger partial charge in [-0.25, -0.2) is 0 Å². The standard InChI is InChI=1S/2C10H8N2O4S.C8H18O5/c2*11-12-8-5-4-6-7(10(8)13)2-1-3-9(6)17(14,15)16;9-1-3-11-5-7-13-8-6-12-4-2-10/h2*1-5,10,13H,(H,14,15,16);9-10H,1-8H2. The Balaban J connectivity index is 0.000000248. The maximum Gasteiger partial charge on any atom is 0.324 e. The van der Waals surface area contributed by atoms with Gasteiger partial charge in [-0.2, -0.15) is 26.4 Å². The van der Waals surface area contributed by atoms with Crippen LogP contribution in [0.4, 0.5) is 0 Å². The second-order valence-electron chi connectivity index (χ2n) is 9.27. The third-order valence-electron chi connectivity index (χ3n) is 6.19. The molecule has 17 nitrogen and oxygen atoms in total. The molecule has 0 bridgehead atoms. The third-order valence-corrected chi connectivity index (χ3v) is 8.02. The molecular formula is C28H34N4O13S2. The molecule has 0 radical (unpaired) electrons. The summed E-state index contributed by atoms with van der Waals surface area (Å²) < 4.78 is 77.6. The minimum absolute atomic E-state index is 0.00462. The first-order valence-corrected chi connectivity index (χ1v) is 16.5. The van der Waals surface area contributed by atoms with Crippen LogP contribution in [-0.4, -0.2) is 120 Å². The first-order valence-electron chi connectivity index (χ1n) is 13.6. The van der Waals surface area contributed by atoms with Crippen molar-refractivity contribution in [1.29, 1.82) is 0 Å². The molecule has 2 aromatic rings. The van der Waals surface area contributed by atoms with Crippen LogP contribution in [0.3, 0.4) is 0 Å². The van der Waals surface area contributed by atoms with Gasteiger partial charge in [0, 0.05) is 34.4 Å². The molecule has 0 aromatic heterocycles. The summed E-state index contributed by atoms with van der Waals surface area (Å²) in [5.74, 6) is 0. The van der Waals surface area contributed by atoms with Crippen LogP contribution in [0.2, 0.25) is 0 Å². The van der Waals surface area contributed by atoms with E-state index in [4.69, 9.17) is 44.6 Å². The zero-order chi connectivity index (χ0) is 35.0. The van der Waals surface area contributed by atoms with Gasteiger partial charge in [-0.15, -0.1) is 0 Å². The number of aliphatic hydroxyl groups excluding tert-OH is 4. The van der Waals surface area contributed by atoms with Crippen molar-refractivity contribution in [2.45, 2.75) is 22.0 Å². The highest BCUT2D eigenvalue weighted by molar-refractivity contribution is 7.86. The van der Waals surface area contributed by atoms with Crippen LogP contribution in [0, 0.1) is 0 Å². The second kappa shape index (κ2) is 19.1. The van der Waals surface area contributed by atoms with Crippen molar-refractivity contribution in [2.75, 3.05) is 52.9 Å². The fourth-order valence-corrected chi connectivity index (χ4v) is 5.52. The number of benzene rings is 2. The van der Waals surface area contributed by atoms with E-state index in [0.717, 1.165) is 0 Å². The molecular weight excluding hydrogens is 664 g/mol. The minimum atomic E-state index is -4.36. The van der Waals surface area contributed by atoms with Gasteiger partial charge < -0.3 is 45.7 Å². The number of aliphatic hydroxyl groups is 4. The molecule has 2 aromatic carbocycles. The molecule has 2 aliphatic carbocycles. The number of hydrogen-bond acceptors (Lipinski definition) is 11. The van der Waals surface area contributed by atoms with Crippen molar-refractivity contribution in [3.8, 4) is 0 Å². The lowest BCUT2D eigenvalue weighted by atomic mass is 9.93. The van der Waals surface area contributed by atoms with E-state index in [0.29, 0.717) is 39.6 Å². The summed E-state index contributed by atoms with van der Waals surface area (Å²) in [4.78, 5) is 5.20. The van der Waals surface area contributed by atoms with E-state index in [2.05, 4.69) is 9.58 Å². The highest BCUT2D eigenvalue weighted by atomic mass is 32.2. The maximum absolute atomic E-state index is 11.1. The quantitative estimate of drug-likeness (QED) is 0.0756. The Morgan fingerprint density at radius 1 is 0.596 bits per heavy atom. The van der Waals surface area contributed by atoms with Crippen molar-refractivity contribution in [1.82, 2.24) is 0 Å². The first kappa shape index (κ1) is 39.4. The minimum Gasteiger partial charge on any atom is -0.394 e. The fourth-order valence-electron chi connectivity index (χ4n) is 4.09. The van der Waals surface area contributed by atoms with E-state index in [1.807, 2.05) is 0 Å². The molecule has 0 heterocycles. The van der Waals surface area contributed by atoms with Gasteiger partial charge in [0.2, 0.25) is 0 Å². The number of ether oxygens (including phenoxy) is 3. The molecule has 0 saturated heterocycles. The molecule has 2 aliphatic rings. The van der Waals surface area contributed by atoms with Crippen LogP contribution < -0.4 is 0 Å². The van der Waals surface area contributed by atoms with E-state index in [-0.39, 0.29) is 56.7 Å². The number of fused-ring (bicyclic) bond motifs is 2. The van der Waals surface area contributed by atoms with Crippen molar-refractivity contribution in [2.24, 2.45) is 0 Å². The lowest BCUT2D eigenvalue weighted by Crippen LogP contribution is -2.17. The zero-order valence-electron chi connectivity index (χ0n) is 24.7. The number of rotatable bonds is 12. The van der Waals surface area contributed by atoms with Gasteiger partial charge in [0.15, 0.2) is 12.2 Å². The predicted octanol–water partition coefficient (Wildman–Crippen LogP) is 0.349. The predicted molar refractivity (Wildman–Crippen MR) is 164 cm³/mol. The number of nitrogens with zero attached hydrogens (tertiary/aromatic N) is 4. The SMILES string of the molecule is OCCOCCOCCOCCO.[N-]=[N+]=C1C=Cc2c(cccc2S(=O)(=O)O)C1O.[N-]=[N+]=C1C=Cc2c(cccc2S(=O)(=O)O)C1O. The summed E-state index contributed by atoms with van der Waals surface area (Å²) in [6, 6.07) is 8.21. The molecule has 6 N–H and O–H groups in total. The lowest BCUT2D eigenvalue weighted by Gasteiger charge is -2.15. The molecule has 4 rings (SSSR count). The summed E-state index contributed by atoms with van der Waals surface area (Å²) in [5.41, 5.74) is 18.2. The van der Waals surface area contributed by atoms with Crippen molar-refractivity contribution >= 4 is 43.8 Å². The summed E-state index contributed by atoms with van der Waals surface area (Å²) in [7, 11) is -8.71. The monoisotopic (exact) mass is 698 g/mol. The Labute approximate surface area is 270 Å². The molecule has 256 valence electrons. The van der Waals surface area contributed by atoms with Gasteiger partial charge in [-0.3, -0.25) is 9.11 Å². The van der Waals surface area contributed by atoms with Crippen LogP contribution in [0.1, 0.15) is 34.5 Å². The molecule has 2 unspecified atom stereocenters. The van der Waals surface area contributed by atoms with Crippen LogP contribution in [-0.2, 0) is 34.4 Å². The average molecular weight is 699 g/mol. The Hall–Kier alpha value is -3.78. The highest BCUT2D eigenvalue weighted by Gasteiger charge is 2.31. The average Bonchev–Trinajstić information content (AvgIpc) is 3.04. The number of hydrogen-bond donors (Lipinski definition) is 6. The van der Waals surface area contributed by atoms with Gasteiger partial charge in [-0.1, -0.05) is 24.3 Å². The van der Waals surface area contributed by atoms with Crippen LogP contribution >= 0.6 is 0 Å². The summed E-state index contributed by atoms with van der Waals surface area (Å²) >= 11 is 0. The fraction of sp³-hybridized carbons (Fsp3) is 0.357. The molecule has 0 spiro atoms. The zero-order valence-corrected chi connectivity index (χ0v) is 26.4. The molecule has 2 atom stereocenters. The Bertz CT molecular complexity index is 1620. The lowest BCUT2D eigenvalue weighted by molar-refractivity contribution is -0.0191. The molecule has 47 heavy (non-hydrogen) atoms. The van der Waals surface area contributed by atoms with Gasteiger partial charge in [0.25, 0.3) is 20.2 Å². The van der Waals surface area contributed by atoms with Crippen LogP contribution in [0.25, 0.3) is 23.2 Å². The third kappa shape index (κ3) is 11.8. The van der Waals surface area contributed by atoms with Crippen molar-refractivity contribution in [3.63, 3.8) is 0 Å². The van der Waals surface area contributed by atoms with Gasteiger partial charge in [-0.05, 0) is 24.3 Å². The van der Waals surface area contributed by atoms with Crippen molar-refractivity contribution < 1.29 is 70.2 Å². The smallest absolute Gasteiger partial charge is 0.324 e. The van der Waals surface area contributed by atoms with E-state index < -0.39 is 32.4 Å².